The Bertz CT molecular complexity index is 911. The molecule has 136 valence electrons. The van der Waals surface area contributed by atoms with E-state index in [1.807, 2.05) is 0 Å². The largest absolute Gasteiger partial charge is 0.477 e. The van der Waals surface area contributed by atoms with E-state index in [1.54, 1.807) is 22.9 Å². The van der Waals surface area contributed by atoms with E-state index in [9.17, 15) is 8.78 Å². The van der Waals surface area contributed by atoms with Crippen molar-refractivity contribution in [3.8, 4) is 5.88 Å². The smallest absolute Gasteiger partial charge is 0.234 e. The number of rotatable bonds is 5. The minimum absolute atomic E-state index is 0.284. The van der Waals surface area contributed by atoms with Crippen LogP contribution < -0.4 is 9.64 Å². The van der Waals surface area contributed by atoms with Gasteiger partial charge in [-0.2, -0.15) is 0 Å². The highest BCUT2D eigenvalue weighted by Gasteiger charge is 2.19. The predicted octanol–water partition coefficient (Wildman–Crippen LogP) is 1.86. The van der Waals surface area contributed by atoms with Crippen LogP contribution in [0.15, 0.2) is 30.6 Å². The molecule has 0 amide bonds. The van der Waals surface area contributed by atoms with Crippen molar-refractivity contribution in [2.75, 3.05) is 37.8 Å². The zero-order chi connectivity index (χ0) is 17.9. The zero-order valence-corrected chi connectivity index (χ0v) is 13.9. The van der Waals surface area contributed by atoms with Crippen LogP contribution in [0.5, 0.6) is 5.88 Å². The number of benzene rings is 1. The van der Waals surface area contributed by atoms with Gasteiger partial charge in [-0.25, -0.2) is 13.2 Å². The van der Waals surface area contributed by atoms with Crippen molar-refractivity contribution in [2.45, 2.75) is 6.42 Å². The lowest BCUT2D eigenvalue weighted by atomic mass is 10.1. The first-order valence-corrected chi connectivity index (χ1v) is 8.31. The normalized spacial score (nSPS) is 14.8. The van der Waals surface area contributed by atoms with Crippen LogP contribution >= 0.6 is 0 Å². The predicted molar refractivity (Wildman–Crippen MR) is 89.4 cm³/mol. The first-order chi connectivity index (χ1) is 12.7. The Kier molecular flexibility index (Phi) is 4.61. The summed E-state index contributed by atoms with van der Waals surface area (Å²) in [6.07, 6.45) is 3.63. The van der Waals surface area contributed by atoms with Gasteiger partial charge in [0.05, 0.1) is 32.2 Å². The number of anilines is 1. The van der Waals surface area contributed by atoms with Crippen LogP contribution in [-0.2, 0) is 11.2 Å². The molecule has 1 saturated heterocycles. The molecule has 9 heteroatoms. The van der Waals surface area contributed by atoms with Crippen LogP contribution in [0.25, 0.3) is 5.65 Å². The van der Waals surface area contributed by atoms with Crippen molar-refractivity contribution in [2.24, 2.45) is 0 Å². The lowest BCUT2D eigenvalue weighted by molar-refractivity contribution is 0.122. The minimum atomic E-state index is -0.861. The summed E-state index contributed by atoms with van der Waals surface area (Å²) in [4.78, 5) is 6.20. The quantitative estimate of drug-likeness (QED) is 0.691. The molecule has 3 aromatic rings. The van der Waals surface area contributed by atoms with Gasteiger partial charge in [-0.3, -0.25) is 4.98 Å². The molecule has 0 saturated carbocycles. The van der Waals surface area contributed by atoms with E-state index in [4.69, 9.17) is 9.47 Å². The number of aromatic nitrogens is 4. The summed E-state index contributed by atoms with van der Waals surface area (Å²) in [5.74, 6) is -0.548. The third-order valence-electron chi connectivity index (χ3n) is 4.18. The number of fused-ring (bicyclic) bond motifs is 1. The van der Waals surface area contributed by atoms with Gasteiger partial charge in [0.25, 0.3) is 0 Å². The van der Waals surface area contributed by atoms with Gasteiger partial charge in [0, 0.05) is 19.5 Å². The highest BCUT2D eigenvalue weighted by molar-refractivity contribution is 5.48. The van der Waals surface area contributed by atoms with Crippen LogP contribution in [-0.4, -0.2) is 52.5 Å². The van der Waals surface area contributed by atoms with Crippen molar-refractivity contribution >= 4 is 11.6 Å². The van der Waals surface area contributed by atoms with Crippen molar-refractivity contribution in [3.05, 3.63) is 47.8 Å². The summed E-state index contributed by atoms with van der Waals surface area (Å²) in [7, 11) is 0. The van der Waals surface area contributed by atoms with E-state index >= 15 is 0 Å². The van der Waals surface area contributed by atoms with E-state index in [-0.39, 0.29) is 6.61 Å². The van der Waals surface area contributed by atoms with Crippen molar-refractivity contribution in [3.63, 3.8) is 0 Å². The third-order valence-corrected chi connectivity index (χ3v) is 4.18. The second-order valence-corrected chi connectivity index (χ2v) is 5.89. The molecule has 1 aromatic carbocycles. The molecule has 0 N–H and O–H groups in total. The molecular formula is C17H17F2N5O2. The first kappa shape index (κ1) is 16.6. The fraction of sp³-hybridized carbons (Fsp3) is 0.353. The van der Waals surface area contributed by atoms with Crippen LogP contribution in [0.1, 0.15) is 5.56 Å². The second-order valence-electron chi connectivity index (χ2n) is 5.89. The van der Waals surface area contributed by atoms with E-state index in [0.717, 1.165) is 19.2 Å². The maximum absolute atomic E-state index is 13.3. The van der Waals surface area contributed by atoms with Crippen molar-refractivity contribution in [1.29, 1.82) is 0 Å². The molecule has 0 aliphatic carbocycles. The Hall–Kier alpha value is -2.81. The zero-order valence-electron chi connectivity index (χ0n) is 13.9. The lowest BCUT2D eigenvalue weighted by Gasteiger charge is -2.26. The maximum Gasteiger partial charge on any atom is 0.234 e. The fourth-order valence-corrected chi connectivity index (χ4v) is 2.85. The molecule has 26 heavy (non-hydrogen) atoms. The Balaban J connectivity index is 1.52. The summed E-state index contributed by atoms with van der Waals surface area (Å²) < 4.78 is 39.3. The summed E-state index contributed by atoms with van der Waals surface area (Å²) in [6, 6.07) is 3.83. The molecule has 0 spiro atoms. The third kappa shape index (κ3) is 3.30. The standard InChI is InChI=1S/C17H17F2N5O2/c18-13-2-1-12(9-14(13)19)3-6-26-16-11-20-10-15-21-22-17(24(15)16)23-4-7-25-8-5-23/h1-2,9-11H,3-8H2. The lowest BCUT2D eigenvalue weighted by Crippen LogP contribution is -2.37. The summed E-state index contributed by atoms with van der Waals surface area (Å²) in [6.45, 7) is 2.99. The maximum atomic E-state index is 13.3. The topological polar surface area (TPSA) is 64.8 Å². The second kappa shape index (κ2) is 7.20. The van der Waals surface area contributed by atoms with Crippen LogP contribution in [0.2, 0.25) is 0 Å². The molecule has 0 bridgehead atoms. The van der Waals surface area contributed by atoms with Gasteiger partial charge in [0.15, 0.2) is 17.3 Å². The molecule has 0 atom stereocenters. The van der Waals surface area contributed by atoms with Gasteiger partial charge in [-0.05, 0) is 17.7 Å². The Labute approximate surface area is 148 Å². The number of ether oxygens (including phenoxy) is 2. The number of morpholine rings is 1. The van der Waals surface area contributed by atoms with Gasteiger partial charge in [0.1, 0.15) is 0 Å². The molecule has 0 unspecified atom stereocenters. The van der Waals surface area contributed by atoms with E-state index in [0.29, 0.717) is 42.7 Å². The van der Waals surface area contributed by atoms with Crippen LogP contribution in [0, 0.1) is 11.6 Å². The highest BCUT2D eigenvalue weighted by atomic mass is 19.2. The SMILES string of the molecule is Fc1ccc(CCOc2cncc3nnc(N4CCOCC4)n23)cc1F. The van der Waals surface area contributed by atoms with Crippen molar-refractivity contribution < 1.29 is 18.3 Å². The number of hydrogen-bond acceptors (Lipinski definition) is 6. The summed E-state index contributed by atoms with van der Waals surface area (Å²) in [5.41, 5.74) is 1.23. The molecule has 0 radical (unpaired) electrons. The molecule has 1 aliphatic heterocycles. The molecule has 7 nitrogen and oxygen atoms in total. The average Bonchev–Trinajstić information content (AvgIpc) is 3.10. The van der Waals surface area contributed by atoms with Gasteiger partial charge in [-0.1, -0.05) is 6.07 Å². The number of nitrogens with zero attached hydrogens (tertiary/aromatic N) is 5. The molecular weight excluding hydrogens is 344 g/mol. The van der Waals surface area contributed by atoms with E-state index < -0.39 is 11.6 Å². The molecule has 1 aliphatic rings. The number of hydrogen-bond donors (Lipinski definition) is 0. The van der Waals surface area contributed by atoms with Crippen molar-refractivity contribution in [1.82, 2.24) is 19.6 Å². The Morgan fingerprint density at radius 2 is 1.92 bits per heavy atom. The van der Waals surface area contributed by atoms with Gasteiger partial charge in [0.2, 0.25) is 11.8 Å². The van der Waals surface area contributed by atoms with Gasteiger partial charge >= 0.3 is 0 Å². The van der Waals surface area contributed by atoms with E-state index in [2.05, 4.69) is 20.1 Å². The van der Waals surface area contributed by atoms with Crippen LogP contribution in [0.3, 0.4) is 0 Å². The fourth-order valence-electron chi connectivity index (χ4n) is 2.85. The molecule has 1 fully saturated rings. The average molecular weight is 361 g/mol. The Morgan fingerprint density at radius 3 is 2.73 bits per heavy atom. The van der Waals surface area contributed by atoms with Crippen LogP contribution in [0.4, 0.5) is 14.7 Å². The summed E-state index contributed by atoms with van der Waals surface area (Å²) >= 11 is 0. The molecule has 3 heterocycles. The molecule has 4 rings (SSSR count). The first-order valence-electron chi connectivity index (χ1n) is 8.31. The summed E-state index contributed by atoms with van der Waals surface area (Å²) in [5, 5.41) is 8.38. The Morgan fingerprint density at radius 1 is 1.08 bits per heavy atom. The highest BCUT2D eigenvalue weighted by Crippen LogP contribution is 2.21. The molecule has 2 aromatic heterocycles. The van der Waals surface area contributed by atoms with Gasteiger partial charge in [-0.15, -0.1) is 10.2 Å². The van der Waals surface area contributed by atoms with E-state index in [1.165, 1.54) is 6.07 Å². The minimum Gasteiger partial charge on any atom is -0.477 e. The monoisotopic (exact) mass is 361 g/mol. The number of halogens is 2. The van der Waals surface area contributed by atoms with Gasteiger partial charge < -0.3 is 14.4 Å².